The van der Waals surface area contributed by atoms with Crippen molar-refractivity contribution < 1.29 is 8.42 Å². The topological polar surface area (TPSA) is 37.4 Å². The van der Waals surface area contributed by atoms with Crippen molar-refractivity contribution in [2.24, 2.45) is 5.92 Å². The fourth-order valence-electron chi connectivity index (χ4n) is 1.01. The summed E-state index contributed by atoms with van der Waals surface area (Å²) in [6.45, 7) is 6.19. The second kappa shape index (κ2) is 5.93. The van der Waals surface area contributed by atoms with Gasteiger partial charge in [-0.15, -0.1) is 11.6 Å². The Balaban J connectivity index is 4.17. The van der Waals surface area contributed by atoms with E-state index in [4.69, 9.17) is 11.6 Å². The number of halogens is 1. The predicted octanol–water partition coefficient (Wildman–Crippen LogP) is 1.92. The molecule has 0 aromatic carbocycles. The first-order chi connectivity index (χ1) is 6.25. The van der Waals surface area contributed by atoms with E-state index in [1.54, 1.807) is 14.0 Å². The van der Waals surface area contributed by atoms with Gasteiger partial charge in [-0.25, -0.2) is 12.7 Å². The summed E-state index contributed by atoms with van der Waals surface area (Å²) < 4.78 is 24.6. The molecule has 0 N–H and O–H groups in total. The second-order valence-electron chi connectivity index (χ2n) is 4.06. The molecule has 0 rings (SSSR count). The Bertz CT molecular complexity index is 250. The molecule has 0 saturated heterocycles. The van der Waals surface area contributed by atoms with Crippen molar-refractivity contribution in [1.29, 1.82) is 0 Å². The molecule has 0 aromatic rings. The molecule has 0 radical (unpaired) electrons. The van der Waals surface area contributed by atoms with Gasteiger partial charge in [-0.1, -0.05) is 13.8 Å². The molecular formula is C9H20ClNO2S. The van der Waals surface area contributed by atoms with E-state index < -0.39 is 10.0 Å². The molecule has 0 aliphatic heterocycles. The molecule has 0 aromatic heterocycles. The monoisotopic (exact) mass is 241 g/mol. The summed E-state index contributed by atoms with van der Waals surface area (Å²) in [5.41, 5.74) is 0. The van der Waals surface area contributed by atoms with E-state index in [0.29, 0.717) is 18.9 Å². The van der Waals surface area contributed by atoms with Crippen LogP contribution in [0.3, 0.4) is 0 Å². The Kier molecular flexibility index (Phi) is 6.02. The van der Waals surface area contributed by atoms with Gasteiger partial charge < -0.3 is 0 Å². The summed E-state index contributed by atoms with van der Waals surface area (Å²) in [6, 6.07) is 0. The normalized spacial score (nSPS) is 15.1. The molecule has 0 bridgehead atoms. The van der Waals surface area contributed by atoms with Gasteiger partial charge in [0, 0.05) is 19.0 Å². The van der Waals surface area contributed by atoms with Crippen LogP contribution in [0.4, 0.5) is 0 Å². The molecule has 0 amide bonds. The zero-order valence-corrected chi connectivity index (χ0v) is 10.9. The number of sulfonamides is 1. The predicted molar refractivity (Wildman–Crippen MR) is 61.2 cm³/mol. The maximum Gasteiger partial charge on any atom is 0.213 e. The van der Waals surface area contributed by atoms with Crippen LogP contribution in [0.1, 0.15) is 27.2 Å². The van der Waals surface area contributed by atoms with E-state index in [0.717, 1.165) is 0 Å². The van der Waals surface area contributed by atoms with Crippen molar-refractivity contribution in [3.63, 3.8) is 0 Å². The third-order valence-corrected chi connectivity index (χ3v) is 3.93. The van der Waals surface area contributed by atoms with E-state index in [2.05, 4.69) is 0 Å². The first kappa shape index (κ1) is 14.2. The molecule has 0 spiro atoms. The van der Waals surface area contributed by atoms with Crippen LogP contribution in [0, 0.1) is 5.92 Å². The lowest BCUT2D eigenvalue weighted by Gasteiger charge is -2.18. The summed E-state index contributed by atoms with van der Waals surface area (Å²) in [5.74, 6) is 0.622. The van der Waals surface area contributed by atoms with Crippen molar-refractivity contribution in [2.75, 3.05) is 19.3 Å². The Morgan fingerprint density at radius 1 is 1.29 bits per heavy atom. The molecule has 86 valence electrons. The number of rotatable bonds is 6. The Labute approximate surface area is 92.5 Å². The third kappa shape index (κ3) is 5.83. The molecule has 0 heterocycles. The second-order valence-corrected chi connectivity index (χ2v) is 7.00. The van der Waals surface area contributed by atoms with Crippen molar-refractivity contribution in [3.8, 4) is 0 Å². The zero-order chi connectivity index (χ0) is 11.4. The van der Waals surface area contributed by atoms with Crippen LogP contribution in [-0.4, -0.2) is 37.4 Å². The maximum absolute atomic E-state index is 11.6. The molecule has 5 heteroatoms. The van der Waals surface area contributed by atoms with Crippen LogP contribution < -0.4 is 0 Å². The number of hydrogen-bond acceptors (Lipinski definition) is 2. The summed E-state index contributed by atoms with van der Waals surface area (Å²) in [5, 5.41) is -0.145. The Morgan fingerprint density at radius 2 is 1.79 bits per heavy atom. The smallest absolute Gasteiger partial charge is 0.212 e. The average molecular weight is 242 g/mol. The fraction of sp³-hybridized carbons (Fsp3) is 1.00. The van der Waals surface area contributed by atoms with Crippen LogP contribution in [0.25, 0.3) is 0 Å². The van der Waals surface area contributed by atoms with Gasteiger partial charge in [-0.3, -0.25) is 0 Å². The van der Waals surface area contributed by atoms with Gasteiger partial charge in [0.05, 0.1) is 5.75 Å². The zero-order valence-electron chi connectivity index (χ0n) is 9.33. The van der Waals surface area contributed by atoms with Gasteiger partial charge in [0.25, 0.3) is 0 Å². The highest BCUT2D eigenvalue weighted by Crippen LogP contribution is 2.08. The summed E-state index contributed by atoms with van der Waals surface area (Å²) in [6.07, 6.45) is 0.698. The summed E-state index contributed by atoms with van der Waals surface area (Å²) >= 11 is 5.74. The van der Waals surface area contributed by atoms with E-state index in [9.17, 15) is 8.42 Å². The molecule has 0 saturated carbocycles. The lowest BCUT2D eigenvalue weighted by atomic mass is 10.2. The lowest BCUT2D eigenvalue weighted by Crippen LogP contribution is -2.33. The standard InChI is InChI=1S/C9H20ClNO2S/c1-8(2)5-6-14(12,13)11(4)7-9(3)10/h8-9H,5-7H2,1-4H3. The average Bonchev–Trinajstić information content (AvgIpc) is 1.99. The van der Waals surface area contributed by atoms with Gasteiger partial charge in [-0.2, -0.15) is 0 Å². The van der Waals surface area contributed by atoms with E-state index in [-0.39, 0.29) is 11.1 Å². The molecule has 0 aliphatic carbocycles. The van der Waals surface area contributed by atoms with Crippen LogP contribution in [0.15, 0.2) is 0 Å². The van der Waals surface area contributed by atoms with Crippen molar-refractivity contribution in [2.45, 2.75) is 32.6 Å². The number of nitrogens with zero attached hydrogens (tertiary/aromatic N) is 1. The van der Waals surface area contributed by atoms with E-state index in [1.807, 2.05) is 13.8 Å². The molecule has 1 atom stereocenters. The molecule has 0 fully saturated rings. The van der Waals surface area contributed by atoms with Crippen LogP contribution in [0.2, 0.25) is 0 Å². The molecule has 3 nitrogen and oxygen atoms in total. The van der Waals surface area contributed by atoms with Crippen molar-refractivity contribution in [1.82, 2.24) is 4.31 Å². The van der Waals surface area contributed by atoms with Gasteiger partial charge in [-0.05, 0) is 19.3 Å². The van der Waals surface area contributed by atoms with Crippen LogP contribution in [0.5, 0.6) is 0 Å². The minimum absolute atomic E-state index is 0.145. The number of hydrogen-bond donors (Lipinski definition) is 0. The third-order valence-electron chi connectivity index (χ3n) is 1.94. The fourth-order valence-corrected chi connectivity index (χ4v) is 2.83. The molecule has 1 unspecified atom stereocenters. The maximum atomic E-state index is 11.6. The van der Waals surface area contributed by atoms with Gasteiger partial charge in [0.2, 0.25) is 10.0 Å². The largest absolute Gasteiger partial charge is 0.213 e. The highest BCUT2D eigenvalue weighted by atomic mass is 35.5. The minimum Gasteiger partial charge on any atom is -0.212 e. The molecule has 14 heavy (non-hydrogen) atoms. The number of alkyl halides is 1. The Morgan fingerprint density at radius 3 is 2.14 bits per heavy atom. The molecular weight excluding hydrogens is 222 g/mol. The van der Waals surface area contributed by atoms with Crippen molar-refractivity contribution >= 4 is 21.6 Å². The van der Waals surface area contributed by atoms with Gasteiger partial charge >= 0.3 is 0 Å². The highest BCUT2D eigenvalue weighted by molar-refractivity contribution is 7.89. The van der Waals surface area contributed by atoms with Crippen LogP contribution in [-0.2, 0) is 10.0 Å². The SMILES string of the molecule is CC(C)CCS(=O)(=O)N(C)CC(C)Cl. The van der Waals surface area contributed by atoms with Crippen molar-refractivity contribution in [3.05, 3.63) is 0 Å². The quantitative estimate of drug-likeness (QED) is 0.667. The van der Waals surface area contributed by atoms with Crippen LogP contribution >= 0.6 is 11.6 Å². The van der Waals surface area contributed by atoms with E-state index >= 15 is 0 Å². The Hall–Kier alpha value is 0.200. The first-order valence-electron chi connectivity index (χ1n) is 4.83. The molecule has 0 aliphatic rings. The van der Waals surface area contributed by atoms with E-state index in [1.165, 1.54) is 4.31 Å². The minimum atomic E-state index is -3.10. The summed E-state index contributed by atoms with van der Waals surface area (Å²) in [7, 11) is -1.52. The highest BCUT2D eigenvalue weighted by Gasteiger charge is 2.19. The lowest BCUT2D eigenvalue weighted by molar-refractivity contribution is 0.464. The van der Waals surface area contributed by atoms with Gasteiger partial charge in [0.15, 0.2) is 0 Å². The first-order valence-corrected chi connectivity index (χ1v) is 6.88. The van der Waals surface area contributed by atoms with Gasteiger partial charge in [0.1, 0.15) is 0 Å². The summed E-state index contributed by atoms with van der Waals surface area (Å²) in [4.78, 5) is 0.